The topological polar surface area (TPSA) is 29.5 Å². The van der Waals surface area contributed by atoms with Gasteiger partial charge in [-0.2, -0.15) is 0 Å². The zero-order chi connectivity index (χ0) is 19.7. The van der Waals surface area contributed by atoms with Crippen LogP contribution in [0.15, 0.2) is 72.8 Å². The highest BCUT2D eigenvalue weighted by atomic mass is 28.4. The van der Waals surface area contributed by atoms with Gasteiger partial charge in [0.15, 0.2) is 0 Å². The fourth-order valence-corrected chi connectivity index (χ4v) is 9.00. The summed E-state index contributed by atoms with van der Waals surface area (Å²) in [6.07, 6.45) is 1.78. The molecule has 3 heteroatoms. The van der Waals surface area contributed by atoms with Crippen molar-refractivity contribution in [3.8, 4) is 0 Å². The zero-order valence-corrected chi connectivity index (χ0v) is 18.0. The molecule has 144 valence electrons. The van der Waals surface area contributed by atoms with Crippen molar-refractivity contribution in [2.24, 2.45) is 5.92 Å². The number of benzene rings is 2. The minimum Gasteiger partial charge on any atom is -0.407 e. The summed E-state index contributed by atoms with van der Waals surface area (Å²) >= 11 is 0. The molecule has 0 heterocycles. The number of hydrogen-bond acceptors (Lipinski definition) is 2. The minimum absolute atomic E-state index is 0.0409. The normalized spacial score (nSPS) is 22.9. The van der Waals surface area contributed by atoms with Crippen LogP contribution in [-0.4, -0.2) is 25.6 Å². The Labute approximate surface area is 165 Å². The molecule has 0 saturated heterocycles. The first kappa shape index (κ1) is 20.1. The molecule has 0 spiro atoms. The molecule has 1 saturated carbocycles. The van der Waals surface area contributed by atoms with Crippen molar-refractivity contribution < 1.29 is 9.53 Å². The first-order chi connectivity index (χ1) is 12.7. The lowest BCUT2D eigenvalue weighted by atomic mass is 9.66. The summed E-state index contributed by atoms with van der Waals surface area (Å²) in [6, 6.07) is 21.3. The van der Waals surface area contributed by atoms with Gasteiger partial charge in [0.25, 0.3) is 8.32 Å². The molecule has 1 unspecified atom stereocenters. The Morgan fingerprint density at radius 3 is 1.89 bits per heavy atom. The summed E-state index contributed by atoms with van der Waals surface area (Å²) in [5, 5.41) is 13.4. The van der Waals surface area contributed by atoms with Gasteiger partial charge >= 0.3 is 0 Å². The minimum atomic E-state index is -2.53. The van der Waals surface area contributed by atoms with Crippen molar-refractivity contribution in [3.05, 3.63) is 72.8 Å². The van der Waals surface area contributed by atoms with Gasteiger partial charge in [0.2, 0.25) is 0 Å². The highest BCUT2D eigenvalue weighted by Crippen LogP contribution is 2.45. The third-order valence-corrected chi connectivity index (χ3v) is 11.2. The van der Waals surface area contributed by atoms with Crippen molar-refractivity contribution in [3.63, 3.8) is 0 Å². The Kier molecular flexibility index (Phi) is 5.49. The van der Waals surface area contributed by atoms with Crippen LogP contribution >= 0.6 is 0 Å². The Morgan fingerprint density at radius 2 is 1.56 bits per heavy atom. The van der Waals surface area contributed by atoms with E-state index in [2.05, 4.69) is 88.0 Å². The monoisotopic (exact) mass is 380 g/mol. The molecule has 0 aliphatic heterocycles. The molecule has 27 heavy (non-hydrogen) atoms. The van der Waals surface area contributed by atoms with E-state index < -0.39 is 13.9 Å². The molecule has 3 rings (SSSR count). The standard InChI is InChI=1S/C24H32O2Si/c1-19(2)24(25)17-16-20(24)18-26-27(23(3,4)5,21-12-8-6-9-13-21)22-14-10-7-11-15-22/h6-15,20,25H,1,16-18H2,2-5H3/t20-,24?/m1/s1. The van der Waals surface area contributed by atoms with Crippen LogP contribution in [0, 0.1) is 5.92 Å². The summed E-state index contributed by atoms with van der Waals surface area (Å²) < 4.78 is 6.95. The predicted molar refractivity (Wildman–Crippen MR) is 116 cm³/mol. The third-order valence-electron chi connectivity index (χ3n) is 6.21. The molecule has 1 fully saturated rings. The van der Waals surface area contributed by atoms with Crippen molar-refractivity contribution in [2.75, 3.05) is 6.61 Å². The Bertz CT molecular complexity index is 740. The largest absolute Gasteiger partial charge is 0.407 e. The molecule has 1 aliphatic rings. The molecule has 2 nitrogen and oxygen atoms in total. The second-order valence-electron chi connectivity index (χ2n) is 8.91. The first-order valence-corrected chi connectivity index (χ1v) is 11.8. The van der Waals surface area contributed by atoms with Gasteiger partial charge in [-0.3, -0.25) is 0 Å². The fourth-order valence-electron chi connectivity index (χ4n) is 4.39. The maximum atomic E-state index is 10.9. The average Bonchev–Trinajstić information content (AvgIpc) is 2.64. The van der Waals surface area contributed by atoms with Crippen LogP contribution in [0.5, 0.6) is 0 Å². The number of hydrogen-bond donors (Lipinski definition) is 1. The quantitative estimate of drug-likeness (QED) is 0.599. The van der Waals surface area contributed by atoms with Crippen LogP contribution < -0.4 is 10.4 Å². The molecule has 0 bridgehead atoms. The van der Waals surface area contributed by atoms with E-state index in [-0.39, 0.29) is 11.0 Å². The Hall–Kier alpha value is -1.68. The smallest absolute Gasteiger partial charge is 0.261 e. The van der Waals surface area contributed by atoms with Crippen LogP contribution in [0.25, 0.3) is 0 Å². The van der Waals surface area contributed by atoms with E-state index in [0.29, 0.717) is 6.61 Å². The Morgan fingerprint density at radius 1 is 1.07 bits per heavy atom. The molecule has 0 amide bonds. The molecule has 2 atom stereocenters. The van der Waals surface area contributed by atoms with Crippen LogP contribution in [0.1, 0.15) is 40.5 Å². The zero-order valence-electron chi connectivity index (χ0n) is 17.0. The molecular weight excluding hydrogens is 348 g/mol. The van der Waals surface area contributed by atoms with Crippen molar-refractivity contribution in [1.82, 2.24) is 0 Å². The van der Waals surface area contributed by atoms with Crippen molar-refractivity contribution in [1.29, 1.82) is 0 Å². The van der Waals surface area contributed by atoms with Gasteiger partial charge in [-0.15, -0.1) is 0 Å². The van der Waals surface area contributed by atoms with Gasteiger partial charge in [0.1, 0.15) is 0 Å². The fraction of sp³-hybridized carbons (Fsp3) is 0.417. The first-order valence-electron chi connectivity index (χ1n) is 9.85. The molecule has 2 aromatic carbocycles. The van der Waals surface area contributed by atoms with E-state index >= 15 is 0 Å². The summed E-state index contributed by atoms with van der Waals surface area (Å²) in [7, 11) is -2.53. The lowest BCUT2D eigenvalue weighted by Gasteiger charge is -2.49. The van der Waals surface area contributed by atoms with E-state index in [1.54, 1.807) is 0 Å². The van der Waals surface area contributed by atoms with Crippen molar-refractivity contribution in [2.45, 2.75) is 51.2 Å². The maximum absolute atomic E-state index is 10.9. The average molecular weight is 381 g/mol. The molecule has 2 aromatic rings. The molecular formula is C24H32O2Si. The summed E-state index contributed by atoms with van der Waals surface area (Å²) in [5.74, 6) is 0.122. The van der Waals surface area contributed by atoms with E-state index in [1.165, 1.54) is 10.4 Å². The van der Waals surface area contributed by atoms with E-state index in [4.69, 9.17) is 4.43 Å². The lowest BCUT2D eigenvalue weighted by Crippen LogP contribution is -2.67. The number of aliphatic hydroxyl groups is 1. The van der Waals surface area contributed by atoms with Gasteiger partial charge in [-0.1, -0.05) is 88.0 Å². The highest BCUT2D eigenvalue weighted by molar-refractivity contribution is 6.99. The van der Waals surface area contributed by atoms with Gasteiger partial charge in [-0.05, 0) is 40.8 Å². The summed E-state index contributed by atoms with van der Waals surface area (Å²) in [4.78, 5) is 0. The molecule has 1 N–H and O–H groups in total. The highest BCUT2D eigenvalue weighted by Gasteiger charge is 2.53. The van der Waals surface area contributed by atoms with Gasteiger partial charge in [-0.25, -0.2) is 0 Å². The SMILES string of the molecule is C=C(C)C1(O)CC[C@@H]1CO[Si](c1ccccc1)(c1ccccc1)C(C)(C)C. The third kappa shape index (κ3) is 3.44. The van der Waals surface area contributed by atoms with Crippen LogP contribution in [0.2, 0.25) is 5.04 Å². The number of rotatable bonds is 6. The van der Waals surface area contributed by atoms with E-state index in [0.717, 1.165) is 18.4 Å². The van der Waals surface area contributed by atoms with Gasteiger partial charge in [0, 0.05) is 12.5 Å². The van der Waals surface area contributed by atoms with Gasteiger partial charge < -0.3 is 9.53 Å². The second-order valence-corrected chi connectivity index (χ2v) is 13.2. The van der Waals surface area contributed by atoms with E-state index in [1.807, 2.05) is 6.92 Å². The predicted octanol–water partition coefficient (Wildman–Crippen LogP) is 4.28. The summed E-state index contributed by atoms with van der Waals surface area (Å²) in [6.45, 7) is 13.4. The maximum Gasteiger partial charge on any atom is 0.261 e. The Balaban J connectivity index is 2.04. The van der Waals surface area contributed by atoms with Crippen LogP contribution in [0.3, 0.4) is 0 Å². The molecule has 0 radical (unpaired) electrons. The van der Waals surface area contributed by atoms with E-state index in [9.17, 15) is 5.11 Å². The molecule has 0 aromatic heterocycles. The van der Waals surface area contributed by atoms with Gasteiger partial charge in [0.05, 0.1) is 5.60 Å². The van der Waals surface area contributed by atoms with Crippen LogP contribution in [-0.2, 0) is 4.43 Å². The summed E-state index contributed by atoms with van der Waals surface area (Å²) in [5.41, 5.74) is 0.0792. The van der Waals surface area contributed by atoms with Crippen molar-refractivity contribution >= 4 is 18.7 Å². The molecule has 1 aliphatic carbocycles. The second kappa shape index (κ2) is 7.38. The van der Waals surface area contributed by atoms with Crippen LogP contribution in [0.4, 0.5) is 0 Å². The lowest BCUT2D eigenvalue weighted by molar-refractivity contribution is -0.0791.